The topological polar surface area (TPSA) is 83.8 Å². The smallest absolute Gasteiger partial charge is 0.323 e. The van der Waals surface area contributed by atoms with Crippen LogP contribution < -0.4 is 0 Å². The van der Waals surface area contributed by atoms with E-state index in [4.69, 9.17) is 14.9 Å². The lowest BCUT2D eigenvalue weighted by atomic mass is 9.82. The third kappa shape index (κ3) is 2.82. The summed E-state index contributed by atoms with van der Waals surface area (Å²) in [6, 6.07) is 8.63. The highest BCUT2D eigenvalue weighted by Crippen LogP contribution is 2.24. The first-order valence-corrected chi connectivity index (χ1v) is 5.02. The van der Waals surface area contributed by atoms with Gasteiger partial charge in [0.25, 0.3) is 0 Å². The Morgan fingerprint density at radius 3 is 2.12 bits per heavy atom. The molecule has 0 amide bonds. The van der Waals surface area contributed by atoms with Crippen LogP contribution in [0, 0.1) is 5.41 Å². The van der Waals surface area contributed by atoms with E-state index in [1.807, 2.05) is 0 Å². The van der Waals surface area contributed by atoms with Gasteiger partial charge >= 0.3 is 11.9 Å². The maximum Gasteiger partial charge on any atom is 0.323 e. The van der Waals surface area contributed by atoms with Crippen molar-refractivity contribution in [3.63, 3.8) is 0 Å². The quantitative estimate of drug-likeness (QED) is 0.723. The molecule has 0 radical (unpaired) electrons. The van der Waals surface area contributed by atoms with Crippen LogP contribution in [0.3, 0.4) is 0 Å². The Morgan fingerprint density at radius 2 is 1.71 bits per heavy atom. The van der Waals surface area contributed by atoms with Gasteiger partial charge < -0.3 is 14.9 Å². The molecule has 2 N–H and O–H groups in total. The zero-order valence-electron chi connectivity index (χ0n) is 9.42. The number of hydrogen-bond acceptors (Lipinski definition) is 3. The fourth-order valence-corrected chi connectivity index (χ4v) is 1.61. The van der Waals surface area contributed by atoms with Gasteiger partial charge in [-0.1, -0.05) is 30.3 Å². The van der Waals surface area contributed by atoms with Crippen molar-refractivity contribution in [1.29, 1.82) is 0 Å². The molecular formula is C12H14O5. The van der Waals surface area contributed by atoms with Crippen molar-refractivity contribution in [2.45, 2.75) is 6.42 Å². The Bertz CT molecular complexity index is 385. The first kappa shape index (κ1) is 13.2. The van der Waals surface area contributed by atoms with Crippen molar-refractivity contribution in [1.82, 2.24) is 0 Å². The number of benzene rings is 1. The predicted molar refractivity (Wildman–Crippen MR) is 59.7 cm³/mol. The molecule has 1 aromatic carbocycles. The van der Waals surface area contributed by atoms with Crippen LogP contribution in [0.15, 0.2) is 30.3 Å². The first-order chi connectivity index (χ1) is 8.03. The molecule has 17 heavy (non-hydrogen) atoms. The van der Waals surface area contributed by atoms with E-state index in [0.29, 0.717) is 5.56 Å². The van der Waals surface area contributed by atoms with Gasteiger partial charge in [0, 0.05) is 13.5 Å². The minimum absolute atomic E-state index is 0.105. The van der Waals surface area contributed by atoms with Gasteiger partial charge in [-0.15, -0.1) is 0 Å². The summed E-state index contributed by atoms with van der Waals surface area (Å²) in [4.78, 5) is 22.4. The largest absolute Gasteiger partial charge is 0.480 e. The number of rotatable bonds is 6. The molecule has 0 bridgehead atoms. The monoisotopic (exact) mass is 238 g/mol. The molecule has 0 aliphatic carbocycles. The van der Waals surface area contributed by atoms with Crippen LogP contribution in [0.25, 0.3) is 0 Å². The number of ether oxygens (including phenoxy) is 1. The lowest BCUT2D eigenvalue weighted by Crippen LogP contribution is -2.45. The number of methoxy groups -OCH3 is 1. The highest BCUT2D eigenvalue weighted by Gasteiger charge is 2.46. The highest BCUT2D eigenvalue weighted by molar-refractivity contribution is 5.98. The van der Waals surface area contributed by atoms with E-state index < -0.39 is 17.4 Å². The normalized spacial score (nSPS) is 11.1. The molecule has 1 aromatic rings. The summed E-state index contributed by atoms with van der Waals surface area (Å²) in [5.74, 6) is -2.79. The number of aliphatic carboxylic acids is 2. The standard InChI is InChI=1S/C12H14O5/c1-17-8-12(10(13)14,11(15)16)7-9-5-3-2-4-6-9/h2-6H,7-8H2,1H3,(H,13,14)(H,15,16). The Kier molecular flexibility index (Phi) is 4.23. The molecule has 1 rings (SSSR count). The van der Waals surface area contributed by atoms with E-state index >= 15 is 0 Å². The lowest BCUT2D eigenvalue weighted by molar-refractivity contribution is -0.168. The van der Waals surface area contributed by atoms with Gasteiger partial charge in [-0.25, -0.2) is 0 Å². The summed E-state index contributed by atoms with van der Waals surface area (Å²) < 4.78 is 4.74. The summed E-state index contributed by atoms with van der Waals surface area (Å²) in [6.07, 6.45) is -0.105. The summed E-state index contributed by atoms with van der Waals surface area (Å²) in [6.45, 7) is -0.368. The van der Waals surface area contributed by atoms with Gasteiger partial charge in [-0.05, 0) is 5.56 Å². The average molecular weight is 238 g/mol. The number of carboxylic acids is 2. The fourth-order valence-electron chi connectivity index (χ4n) is 1.61. The van der Waals surface area contributed by atoms with E-state index in [-0.39, 0.29) is 13.0 Å². The Labute approximate surface area is 98.6 Å². The molecule has 0 spiro atoms. The lowest BCUT2D eigenvalue weighted by Gasteiger charge is -2.23. The Balaban J connectivity index is 3.06. The maximum absolute atomic E-state index is 11.2. The second-order valence-corrected chi connectivity index (χ2v) is 3.79. The molecule has 0 saturated heterocycles. The van der Waals surface area contributed by atoms with Crippen LogP contribution in [-0.4, -0.2) is 35.9 Å². The fraction of sp³-hybridized carbons (Fsp3) is 0.333. The van der Waals surface area contributed by atoms with Gasteiger partial charge in [-0.3, -0.25) is 9.59 Å². The van der Waals surface area contributed by atoms with Gasteiger partial charge in [0.2, 0.25) is 0 Å². The summed E-state index contributed by atoms with van der Waals surface area (Å²) in [5, 5.41) is 18.3. The van der Waals surface area contributed by atoms with E-state index in [1.165, 1.54) is 7.11 Å². The van der Waals surface area contributed by atoms with Crippen molar-refractivity contribution in [3.8, 4) is 0 Å². The number of hydrogen-bond donors (Lipinski definition) is 2. The molecule has 0 saturated carbocycles. The predicted octanol–water partition coefficient (Wildman–Crippen LogP) is 1.03. The SMILES string of the molecule is COCC(Cc1ccccc1)(C(=O)O)C(=O)O. The van der Waals surface area contributed by atoms with Gasteiger partial charge in [0.1, 0.15) is 0 Å². The highest BCUT2D eigenvalue weighted by atomic mass is 16.5. The van der Waals surface area contributed by atoms with Crippen molar-refractivity contribution in [2.24, 2.45) is 5.41 Å². The number of carboxylic acid groups (broad SMARTS) is 2. The summed E-state index contributed by atoms with van der Waals surface area (Å²) >= 11 is 0. The second-order valence-electron chi connectivity index (χ2n) is 3.79. The molecule has 0 aromatic heterocycles. The van der Waals surface area contributed by atoms with Crippen LogP contribution in [-0.2, 0) is 20.7 Å². The van der Waals surface area contributed by atoms with E-state index in [1.54, 1.807) is 30.3 Å². The minimum atomic E-state index is -1.93. The van der Waals surface area contributed by atoms with Gasteiger partial charge in [0.05, 0.1) is 6.61 Å². The van der Waals surface area contributed by atoms with Crippen LogP contribution >= 0.6 is 0 Å². The summed E-state index contributed by atoms with van der Waals surface area (Å²) in [5.41, 5.74) is -1.29. The molecule has 92 valence electrons. The van der Waals surface area contributed by atoms with E-state index in [9.17, 15) is 9.59 Å². The van der Waals surface area contributed by atoms with Crippen molar-refractivity contribution >= 4 is 11.9 Å². The molecule has 5 nitrogen and oxygen atoms in total. The van der Waals surface area contributed by atoms with Gasteiger partial charge in [-0.2, -0.15) is 0 Å². The van der Waals surface area contributed by atoms with Crippen LogP contribution in [0.1, 0.15) is 5.56 Å². The molecule has 0 aliphatic rings. The number of carbonyl (C=O) groups is 2. The molecule has 0 heterocycles. The maximum atomic E-state index is 11.2. The Morgan fingerprint density at radius 1 is 1.18 bits per heavy atom. The zero-order valence-corrected chi connectivity index (χ0v) is 9.42. The van der Waals surface area contributed by atoms with E-state index in [0.717, 1.165) is 0 Å². The minimum Gasteiger partial charge on any atom is -0.480 e. The van der Waals surface area contributed by atoms with Crippen LogP contribution in [0.2, 0.25) is 0 Å². The third-order valence-electron chi connectivity index (χ3n) is 2.56. The molecule has 5 heteroatoms. The Hall–Kier alpha value is -1.88. The molecule has 0 aliphatic heterocycles. The summed E-state index contributed by atoms with van der Waals surface area (Å²) in [7, 11) is 1.28. The third-order valence-corrected chi connectivity index (χ3v) is 2.56. The average Bonchev–Trinajstić information content (AvgIpc) is 2.29. The zero-order chi connectivity index (χ0) is 12.9. The molecule has 0 atom stereocenters. The van der Waals surface area contributed by atoms with E-state index in [2.05, 4.69) is 0 Å². The van der Waals surface area contributed by atoms with Gasteiger partial charge in [0.15, 0.2) is 5.41 Å². The van der Waals surface area contributed by atoms with Crippen molar-refractivity contribution in [2.75, 3.05) is 13.7 Å². The molecule has 0 fully saturated rings. The second kappa shape index (κ2) is 5.45. The molecular weight excluding hydrogens is 224 g/mol. The van der Waals surface area contributed by atoms with Crippen molar-refractivity contribution in [3.05, 3.63) is 35.9 Å². The van der Waals surface area contributed by atoms with Crippen LogP contribution in [0.5, 0.6) is 0 Å². The van der Waals surface area contributed by atoms with Crippen molar-refractivity contribution < 1.29 is 24.5 Å². The molecule has 0 unspecified atom stereocenters. The first-order valence-electron chi connectivity index (χ1n) is 5.02. The van der Waals surface area contributed by atoms with Crippen LogP contribution in [0.4, 0.5) is 0 Å².